The van der Waals surface area contributed by atoms with E-state index in [-0.39, 0.29) is 12.8 Å². The number of anilines is 2. The Balaban J connectivity index is 0.000000200. The van der Waals surface area contributed by atoms with Crippen molar-refractivity contribution in [1.29, 1.82) is 0 Å². The average molecular weight is 508 g/mol. The van der Waals surface area contributed by atoms with Gasteiger partial charge in [0.1, 0.15) is 12.1 Å². The van der Waals surface area contributed by atoms with Crippen LogP contribution in [0.25, 0.3) is 5.82 Å². The highest BCUT2D eigenvalue weighted by atomic mass is 35.5. The molecule has 4 aromatic rings. The van der Waals surface area contributed by atoms with Gasteiger partial charge < -0.3 is 25.8 Å². The van der Waals surface area contributed by atoms with Crippen LogP contribution in [-0.2, 0) is 4.79 Å². The number of nitrogens with one attached hydrogen (secondary N) is 2. The van der Waals surface area contributed by atoms with Gasteiger partial charge in [-0.3, -0.25) is 9.36 Å². The van der Waals surface area contributed by atoms with Gasteiger partial charge in [0.05, 0.1) is 11.7 Å². The number of amides is 1. The minimum atomic E-state index is -0.156. The van der Waals surface area contributed by atoms with Gasteiger partial charge in [-0.15, -0.1) is 0 Å². The van der Waals surface area contributed by atoms with Gasteiger partial charge in [0, 0.05) is 41.3 Å². The largest absolute Gasteiger partial charge is 0.454 e. The molecule has 3 heterocycles. The quantitative estimate of drug-likeness (QED) is 0.322. The van der Waals surface area contributed by atoms with E-state index in [1.165, 1.54) is 0 Å². The molecule has 0 saturated carbocycles. The summed E-state index contributed by atoms with van der Waals surface area (Å²) in [5.74, 6) is 2.77. The molecule has 1 unspecified atom stereocenters. The molecule has 2 aromatic carbocycles. The number of carbonyl (C=O) groups is 1. The molecule has 10 nitrogen and oxygen atoms in total. The summed E-state index contributed by atoms with van der Waals surface area (Å²) in [7, 11) is 0. The van der Waals surface area contributed by atoms with Crippen LogP contribution in [0.3, 0.4) is 0 Å². The normalized spacial score (nSPS) is 12.3. The number of hydrogen-bond acceptors (Lipinski definition) is 8. The number of ether oxygens (including phenoxy) is 2. The van der Waals surface area contributed by atoms with E-state index in [9.17, 15) is 4.79 Å². The zero-order chi connectivity index (χ0) is 25.5. The molecule has 0 radical (unpaired) electrons. The minimum Gasteiger partial charge on any atom is -0.454 e. The van der Waals surface area contributed by atoms with Gasteiger partial charge in [-0.1, -0.05) is 23.7 Å². The van der Waals surface area contributed by atoms with Gasteiger partial charge in [0.25, 0.3) is 0 Å². The molecular formula is C25H26ClN7O3. The molecule has 1 amide bonds. The van der Waals surface area contributed by atoms with Gasteiger partial charge in [0.2, 0.25) is 19.2 Å². The summed E-state index contributed by atoms with van der Waals surface area (Å²) in [6.07, 6.45) is 6.10. The Morgan fingerprint density at radius 3 is 2.72 bits per heavy atom. The first-order valence-corrected chi connectivity index (χ1v) is 11.5. The molecule has 1 aliphatic rings. The Morgan fingerprint density at radius 1 is 1.17 bits per heavy atom. The maximum Gasteiger partial charge on any atom is 0.231 e. The van der Waals surface area contributed by atoms with Crippen molar-refractivity contribution >= 4 is 29.6 Å². The van der Waals surface area contributed by atoms with Gasteiger partial charge in [-0.25, -0.2) is 9.97 Å². The monoisotopic (exact) mass is 507 g/mol. The predicted octanol–water partition coefficient (Wildman–Crippen LogP) is 3.84. The standard InChI is InChI=1S/C16H15N5O2.C9H11ClN2O/c1-10-6-17-16(20-15(10)21-7-11(2)18-8-21)19-12-3-4-13-14(5-12)23-9-22-13;10-8-3-1-2-7(4-8)9(5-11)12-6-13/h3-8H,9H2,1-2H3,(H,17,19,20);1-4,6,9H,5,11H2,(H,12,13). The zero-order valence-corrected chi connectivity index (χ0v) is 20.6. The Labute approximate surface area is 213 Å². The van der Waals surface area contributed by atoms with Crippen molar-refractivity contribution in [2.24, 2.45) is 5.73 Å². The molecule has 186 valence electrons. The molecule has 11 heteroatoms. The fourth-order valence-electron chi connectivity index (χ4n) is 3.50. The molecule has 0 fully saturated rings. The Morgan fingerprint density at radius 2 is 2.00 bits per heavy atom. The second-order valence-corrected chi connectivity index (χ2v) is 8.38. The van der Waals surface area contributed by atoms with Crippen molar-refractivity contribution in [2.45, 2.75) is 19.9 Å². The number of aryl methyl sites for hydroxylation is 2. The number of imidazole rings is 1. The topological polar surface area (TPSA) is 129 Å². The SMILES string of the molecule is Cc1cn(-c2nc(Nc3ccc4c(c3)OCO4)ncc2C)cn1.NCC(NC=O)c1cccc(Cl)c1. The molecular weight excluding hydrogens is 482 g/mol. The van der Waals surface area contributed by atoms with E-state index in [4.69, 9.17) is 26.8 Å². The number of hydrogen-bond donors (Lipinski definition) is 3. The van der Waals surface area contributed by atoms with E-state index in [0.29, 0.717) is 29.7 Å². The average Bonchev–Trinajstić information content (AvgIpc) is 3.52. The van der Waals surface area contributed by atoms with Gasteiger partial charge >= 0.3 is 0 Å². The number of nitrogens with zero attached hydrogens (tertiary/aromatic N) is 4. The van der Waals surface area contributed by atoms with Crippen LogP contribution >= 0.6 is 11.6 Å². The molecule has 5 rings (SSSR count). The molecule has 1 atom stereocenters. The summed E-state index contributed by atoms with van der Waals surface area (Å²) in [6, 6.07) is 12.7. The first-order valence-electron chi connectivity index (χ1n) is 11.1. The van der Waals surface area contributed by atoms with Crippen molar-refractivity contribution in [3.05, 3.63) is 83.0 Å². The number of fused-ring (bicyclic) bond motifs is 1. The van der Waals surface area contributed by atoms with Crippen LogP contribution in [0.4, 0.5) is 11.6 Å². The predicted molar refractivity (Wildman–Crippen MR) is 137 cm³/mol. The maximum absolute atomic E-state index is 10.2. The van der Waals surface area contributed by atoms with Crippen molar-refractivity contribution < 1.29 is 14.3 Å². The Bertz CT molecular complexity index is 1340. The van der Waals surface area contributed by atoms with Crippen molar-refractivity contribution in [1.82, 2.24) is 24.8 Å². The van der Waals surface area contributed by atoms with Gasteiger partial charge in [0.15, 0.2) is 11.5 Å². The van der Waals surface area contributed by atoms with Crippen LogP contribution in [-0.4, -0.2) is 39.3 Å². The molecule has 0 saturated heterocycles. The number of benzene rings is 2. The highest BCUT2D eigenvalue weighted by Gasteiger charge is 2.14. The molecule has 0 spiro atoms. The zero-order valence-electron chi connectivity index (χ0n) is 19.8. The number of nitrogens with two attached hydrogens (primary N) is 1. The first-order chi connectivity index (χ1) is 17.5. The van der Waals surface area contributed by atoms with E-state index < -0.39 is 0 Å². The fraction of sp³-hybridized carbons (Fsp3) is 0.200. The number of halogens is 1. The molecule has 0 aliphatic carbocycles. The van der Waals surface area contributed by atoms with E-state index >= 15 is 0 Å². The minimum absolute atomic E-state index is 0.156. The summed E-state index contributed by atoms with van der Waals surface area (Å²) in [4.78, 5) is 23.4. The summed E-state index contributed by atoms with van der Waals surface area (Å²) in [5, 5.41) is 6.44. The smallest absolute Gasteiger partial charge is 0.231 e. The number of aromatic nitrogens is 4. The van der Waals surface area contributed by atoms with Crippen LogP contribution < -0.4 is 25.8 Å². The third kappa shape index (κ3) is 6.09. The first kappa shape index (κ1) is 25.0. The summed E-state index contributed by atoms with van der Waals surface area (Å²) in [6.45, 7) is 4.52. The van der Waals surface area contributed by atoms with Gasteiger partial charge in [-0.05, 0) is 43.7 Å². The van der Waals surface area contributed by atoms with E-state index in [0.717, 1.165) is 34.1 Å². The van der Waals surface area contributed by atoms with E-state index in [1.807, 2.05) is 54.9 Å². The van der Waals surface area contributed by atoms with Crippen molar-refractivity contribution in [3.8, 4) is 17.3 Å². The van der Waals surface area contributed by atoms with Crippen molar-refractivity contribution in [2.75, 3.05) is 18.7 Å². The lowest BCUT2D eigenvalue weighted by Crippen LogP contribution is -2.26. The molecule has 1 aliphatic heterocycles. The lowest BCUT2D eigenvalue weighted by atomic mass is 10.1. The fourth-order valence-corrected chi connectivity index (χ4v) is 3.70. The Hall–Kier alpha value is -4.15. The van der Waals surface area contributed by atoms with Crippen LogP contribution in [0.15, 0.2) is 61.2 Å². The van der Waals surface area contributed by atoms with Crippen LogP contribution in [0.5, 0.6) is 11.5 Å². The second-order valence-electron chi connectivity index (χ2n) is 7.94. The maximum atomic E-state index is 10.2. The summed E-state index contributed by atoms with van der Waals surface area (Å²) in [5.41, 5.74) is 9.14. The number of carbonyl (C=O) groups excluding carboxylic acids is 1. The van der Waals surface area contributed by atoms with Crippen LogP contribution in [0.1, 0.15) is 22.9 Å². The Kier molecular flexibility index (Phi) is 7.99. The lowest BCUT2D eigenvalue weighted by molar-refractivity contribution is -0.110. The van der Waals surface area contributed by atoms with Crippen LogP contribution in [0, 0.1) is 13.8 Å². The van der Waals surface area contributed by atoms with E-state index in [2.05, 4.69) is 25.6 Å². The third-order valence-corrected chi connectivity index (χ3v) is 5.52. The molecule has 4 N–H and O–H groups in total. The van der Waals surface area contributed by atoms with Crippen molar-refractivity contribution in [3.63, 3.8) is 0 Å². The lowest BCUT2D eigenvalue weighted by Gasteiger charge is -2.13. The van der Waals surface area contributed by atoms with Gasteiger partial charge in [-0.2, -0.15) is 4.98 Å². The highest BCUT2D eigenvalue weighted by molar-refractivity contribution is 6.30. The van der Waals surface area contributed by atoms with E-state index in [1.54, 1.807) is 24.7 Å². The summed E-state index contributed by atoms with van der Waals surface area (Å²) >= 11 is 5.79. The summed E-state index contributed by atoms with van der Waals surface area (Å²) < 4.78 is 12.6. The molecule has 0 bridgehead atoms. The molecule has 36 heavy (non-hydrogen) atoms. The second kappa shape index (κ2) is 11.5. The van der Waals surface area contributed by atoms with Crippen LogP contribution in [0.2, 0.25) is 5.02 Å². The highest BCUT2D eigenvalue weighted by Crippen LogP contribution is 2.34. The third-order valence-electron chi connectivity index (χ3n) is 5.29. The molecule has 2 aromatic heterocycles. The number of rotatable bonds is 7.